The Morgan fingerprint density at radius 3 is 2.74 bits per heavy atom. The molecule has 0 N–H and O–H groups in total. The van der Waals surface area contributed by atoms with Gasteiger partial charge < -0.3 is 4.74 Å². The van der Waals surface area contributed by atoms with E-state index in [0.717, 1.165) is 5.92 Å². The Kier molecular flexibility index (Phi) is 4.55. The van der Waals surface area contributed by atoms with E-state index < -0.39 is 0 Å². The highest BCUT2D eigenvalue weighted by Gasteiger charge is 2.37. The second-order valence-corrected chi connectivity index (χ2v) is 6.31. The van der Waals surface area contributed by atoms with Gasteiger partial charge in [0.1, 0.15) is 0 Å². The lowest BCUT2D eigenvalue weighted by Gasteiger charge is -2.12. The molecule has 1 aliphatic carbocycles. The van der Waals surface area contributed by atoms with E-state index in [9.17, 15) is 0 Å². The number of hydrogen-bond donors (Lipinski definition) is 0. The lowest BCUT2D eigenvalue weighted by Crippen LogP contribution is -2.10. The summed E-state index contributed by atoms with van der Waals surface area (Å²) in [7, 11) is 0. The van der Waals surface area contributed by atoms with E-state index in [-0.39, 0.29) is 0 Å². The molecule has 3 rings (SSSR count). The average Bonchev–Trinajstić information content (AvgIpc) is 3.00. The van der Waals surface area contributed by atoms with Gasteiger partial charge in [0.15, 0.2) is 0 Å². The fourth-order valence-electron chi connectivity index (χ4n) is 3.80. The van der Waals surface area contributed by atoms with E-state index in [1.54, 1.807) is 0 Å². The highest BCUT2D eigenvalue weighted by Crippen LogP contribution is 2.40. The van der Waals surface area contributed by atoms with Gasteiger partial charge in [-0.3, -0.25) is 0 Å². The minimum atomic E-state index is 0.590. The van der Waals surface area contributed by atoms with Crippen LogP contribution in [0.1, 0.15) is 56.9 Å². The topological polar surface area (TPSA) is 9.23 Å². The van der Waals surface area contributed by atoms with Gasteiger partial charge in [0.05, 0.1) is 12.2 Å². The number of hydrogen-bond acceptors (Lipinski definition) is 1. The summed E-state index contributed by atoms with van der Waals surface area (Å²) in [5.74, 6) is 0.911. The number of ether oxygens (including phenoxy) is 1. The van der Waals surface area contributed by atoms with Gasteiger partial charge in [0.25, 0.3) is 0 Å². The molecule has 0 bridgehead atoms. The third-order valence-corrected chi connectivity index (χ3v) is 4.86. The second kappa shape index (κ2) is 6.56. The predicted molar refractivity (Wildman–Crippen MR) is 79.2 cm³/mol. The Morgan fingerprint density at radius 1 is 1.00 bits per heavy atom. The summed E-state index contributed by atoms with van der Waals surface area (Å²) in [5, 5.41) is 0. The molecule has 1 aliphatic heterocycles. The smallest absolute Gasteiger partial charge is 0.0608 e. The summed E-state index contributed by atoms with van der Waals surface area (Å²) in [5.41, 5.74) is 1.48. The van der Waals surface area contributed by atoms with Crippen LogP contribution in [0.15, 0.2) is 30.3 Å². The molecule has 104 valence electrons. The summed E-state index contributed by atoms with van der Waals surface area (Å²) < 4.78 is 6.15. The molecule has 2 aliphatic rings. The Balaban J connectivity index is 1.28. The molecule has 1 saturated carbocycles. The van der Waals surface area contributed by atoms with Crippen LogP contribution in [0.5, 0.6) is 0 Å². The molecular weight excluding hydrogens is 232 g/mol. The van der Waals surface area contributed by atoms with Gasteiger partial charge in [-0.15, -0.1) is 0 Å². The second-order valence-electron chi connectivity index (χ2n) is 6.31. The monoisotopic (exact) mass is 258 g/mol. The van der Waals surface area contributed by atoms with Crippen LogP contribution in [0.4, 0.5) is 0 Å². The van der Waals surface area contributed by atoms with Crippen LogP contribution < -0.4 is 0 Å². The minimum Gasteiger partial charge on any atom is -0.375 e. The molecule has 1 heterocycles. The maximum Gasteiger partial charge on any atom is 0.0608 e. The van der Waals surface area contributed by atoms with Crippen molar-refractivity contribution in [3.05, 3.63) is 35.9 Å². The fourth-order valence-corrected chi connectivity index (χ4v) is 3.80. The Morgan fingerprint density at radius 2 is 1.89 bits per heavy atom. The number of aryl methyl sites for hydroxylation is 1. The zero-order chi connectivity index (χ0) is 12.9. The Hall–Kier alpha value is -0.820. The summed E-state index contributed by atoms with van der Waals surface area (Å²) in [6.07, 6.45) is 13.3. The first-order valence-corrected chi connectivity index (χ1v) is 8.11. The van der Waals surface area contributed by atoms with Crippen molar-refractivity contribution < 1.29 is 4.74 Å². The molecule has 2 fully saturated rings. The normalized spacial score (nSPS) is 29.6. The van der Waals surface area contributed by atoms with E-state index in [0.29, 0.717) is 12.2 Å². The van der Waals surface area contributed by atoms with Crippen molar-refractivity contribution in [1.29, 1.82) is 0 Å². The first-order chi connectivity index (χ1) is 9.42. The molecule has 3 atom stereocenters. The van der Waals surface area contributed by atoms with E-state index >= 15 is 0 Å². The molecule has 0 aromatic heterocycles. The average molecular weight is 258 g/mol. The summed E-state index contributed by atoms with van der Waals surface area (Å²) >= 11 is 0. The van der Waals surface area contributed by atoms with Gasteiger partial charge in [0, 0.05) is 0 Å². The van der Waals surface area contributed by atoms with Crippen molar-refractivity contribution in [3.8, 4) is 0 Å². The maximum absolute atomic E-state index is 6.15. The maximum atomic E-state index is 6.15. The highest BCUT2D eigenvalue weighted by molar-refractivity contribution is 5.14. The molecule has 1 aromatic rings. The van der Waals surface area contributed by atoms with E-state index in [1.807, 2.05) is 0 Å². The summed E-state index contributed by atoms with van der Waals surface area (Å²) in [4.78, 5) is 0. The van der Waals surface area contributed by atoms with Gasteiger partial charge >= 0.3 is 0 Å². The van der Waals surface area contributed by atoms with Gasteiger partial charge in [-0.05, 0) is 50.0 Å². The summed E-state index contributed by atoms with van der Waals surface area (Å²) in [6, 6.07) is 10.8. The van der Waals surface area contributed by atoms with Gasteiger partial charge in [-0.2, -0.15) is 0 Å². The Bertz CT molecular complexity index is 361. The van der Waals surface area contributed by atoms with Crippen molar-refractivity contribution in [3.63, 3.8) is 0 Å². The molecule has 0 radical (unpaired) electrons. The quantitative estimate of drug-likeness (QED) is 0.669. The molecule has 0 amide bonds. The van der Waals surface area contributed by atoms with Crippen LogP contribution in [0.2, 0.25) is 0 Å². The van der Waals surface area contributed by atoms with Crippen LogP contribution in [0.25, 0.3) is 0 Å². The number of rotatable bonds is 6. The van der Waals surface area contributed by atoms with Gasteiger partial charge in [-0.25, -0.2) is 0 Å². The van der Waals surface area contributed by atoms with Crippen LogP contribution in [0, 0.1) is 5.92 Å². The van der Waals surface area contributed by atoms with Gasteiger partial charge in [-0.1, -0.05) is 49.6 Å². The first-order valence-electron chi connectivity index (χ1n) is 8.11. The molecule has 19 heavy (non-hydrogen) atoms. The van der Waals surface area contributed by atoms with Gasteiger partial charge in [0.2, 0.25) is 0 Å². The Labute approximate surface area is 117 Å². The molecule has 3 unspecified atom stereocenters. The molecular formula is C18H26O. The SMILES string of the molecule is c1ccc(CCCCCC2CC3CCCC3O2)cc1. The lowest BCUT2D eigenvalue weighted by atomic mass is 9.98. The highest BCUT2D eigenvalue weighted by atomic mass is 16.5. The van der Waals surface area contributed by atoms with Crippen LogP contribution in [-0.2, 0) is 11.2 Å². The number of fused-ring (bicyclic) bond motifs is 1. The molecule has 1 heteroatoms. The van der Waals surface area contributed by atoms with E-state index in [2.05, 4.69) is 30.3 Å². The standard InChI is InChI=1S/C18H26O/c1-3-8-15(9-4-1)10-5-2-6-12-17-14-16-11-7-13-18(16)19-17/h1,3-4,8-9,16-18H,2,5-7,10-14H2. The fraction of sp³-hybridized carbons (Fsp3) is 0.667. The minimum absolute atomic E-state index is 0.590. The first kappa shape index (κ1) is 13.2. The number of unbranched alkanes of at least 4 members (excludes halogenated alkanes) is 2. The lowest BCUT2D eigenvalue weighted by molar-refractivity contribution is 0.0354. The van der Waals surface area contributed by atoms with E-state index in [1.165, 1.54) is 63.4 Å². The zero-order valence-corrected chi connectivity index (χ0v) is 11.9. The van der Waals surface area contributed by atoms with Crippen molar-refractivity contribution in [2.24, 2.45) is 5.92 Å². The van der Waals surface area contributed by atoms with E-state index in [4.69, 9.17) is 4.74 Å². The predicted octanol–water partition coefficient (Wildman–Crippen LogP) is 4.75. The molecule has 1 aromatic carbocycles. The van der Waals surface area contributed by atoms with Crippen molar-refractivity contribution >= 4 is 0 Å². The van der Waals surface area contributed by atoms with Crippen LogP contribution >= 0.6 is 0 Å². The summed E-state index contributed by atoms with van der Waals surface area (Å²) in [6.45, 7) is 0. The third kappa shape index (κ3) is 3.60. The van der Waals surface area contributed by atoms with Crippen molar-refractivity contribution in [2.45, 2.75) is 70.0 Å². The number of benzene rings is 1. The van der Waals surface area contributed by atoms with Crippen LogP contribution in [0.3, 0.4) is 0 Å². The van der Waals surface area contributed by atoms with Crippen molar-refractivity contribution in [2.75, 3.05) is 0 Å². The molecule has 1 saturated heterocycles. The third-order valence-electron chi connectivity index (χ3n) is 4.86. The zero-order valence-electron chi connectivity index (χ0n) is 11.9. The van der Waals surface area contributed by atoms with Crippen LogP contribution in [-0.4, -0.2) is 12.2 Å². The van der Waals surface area contributed by atoms with Crippen molar-refractivity contribution in [1.82, 2.24) is 0 Å². The molecule has 1 nitrogen and oxygen atoms in total. The largest absolute Gasteiger partial charge is 0.375 e. The molecule has 0 spiro atoms.